The summed E-state index contributed by atoms with van der Waals surface area (Å²) >= 11 is 0. The molecule has 226 valence electrons. The average Bonchev–Trinajstić information content (AvgIpc) is 2.86. The fourth-order valence-electron chi connectivity index (χ4n) is 5.51. The van der Waals surface area contributed by atoms with E-state index in [0.717, 1.165) is 58.2 Å². The van der Waals surface area contributed by atoms with E-state index in [1.807, 2.05) is 72.7 Å². The van der Waals surface area contributed by atoms with Crippen LogP contribution in [-0.2, 0) is 20.7 Å². The molecule has 0 spiro atoms. The van der Waals surface area contributed by atoms with Gasteiger partial charge < -0.3 is 19.1 Å². The number of hydrogen-bond acceptors (Lipinski definition) is 6. The smallest absolute Gasteiger partial charge is 0.340 e. The predicted molar refractivity (Wildman–Crippen MR) is 166 cm³/mol. The fraction of sp³-hybridized carbons (Fsp3) is 0.486. The van der Waals surface area contributed by atoms with Crippen molar-refractivity contribution in [2.45, 2.75) is 86.5 Å². The molecule has 2 heterocycles. The molecule has 0 radical (unpaired) electrons. The fourth-order valence-corrected chi connectivity index (χ4v) is 5.51. The number of nitrogens with zero attached hydrogens (tertiary/aromatic N) is 2. The lowest BCUT2D eigenvalue weighted by molar-refractivity contribution is -0.171. The lowest BCUT2D eigenvalue weighted by Gasteiger charge is -2.49. The topological polar surface area (TPSA) is 60.9 Å². The molecule has 1 fully saturated rings. The standard InChI is InChI=1S/C35H45FN2O4/c1-22(2)41-33(39)32(42-34(5,6)7)30-24(4)37-23(3)29(31(30)38-20-35(8,9)21-38)26-12-16-28(17-13-26)40-19-18-25-10-14-27(36)15-11-25/h10-17,22,32H,18-21H2,1-9H3/t32-/m0/s1. The highest BCUT2D eigenvalue weighted by Crippen LogP contribution is 2.47. The van der Waals surface area contributed by atoms with Crippen LogP contribution >= 0.6 is 0 Å². The zero-order chi connectivity index (χ0) is 30.8. The number of halogens is 1. The van der Waals surface area contributed by atoms with Crippen LogP contribution in [0.1, 0.15) is 77.1 Å². The summed E-state index contributed by atoms with van der Waals surface area (Å²) in [4.78, 5) is 20.8. The maximum absolute atomic E-state index is 13.6. The maximum Gasteiger partial charge on any atom is 0.340 e. The van der Waals surface area contributed by atoms with E-state index in [-0.39, 0.29) is 17.3 Å². The first-order valence-electron chi connectivity index (χ1n) is 14.8. The highest BCUT2D eigenvalue weighted by molar-refractivity contribution is 5.89. The molecule has 7 heteroatoms. The van der Waals surface area contributed by atoms with Crippen molar-refractivity contribution >= 4 is 11.7 Å². The summed E-state index contributed by atoms with van der Waals surface area (Å²) in [6.07, 6.45) is -0.515. The average molecular weight is 577 g/mol. The Morgan fingerprint density at radius 3 is 2.17 bits per heavy atom. The molecule has 2 aromatic carbocycles. The maximum atomic E-state index is 13.6. The van der Waals surface area contributed by atoms with Crippen LogP contribution in [0.2, 0.25) is 0 Å². The molecule has 0 amide bonds. The van der Waals surface area contributed by atoms with Crippen LogP contribution in [0.3, 0.4) is 0 Å². The van der Waals surface area contributed by atoms with Crippen LogP contribution in [0, 0.1) is 25.1 Å². The molecule has 0 bridgehead atoms. The van der Waals surface area contributed by atoms with Gasteiger partial charge in [-0.15, -0.1) is 0 Å². The third kappa shape index (κ3) is 7.68. The molecule has 1 aliphatic heterocycles. The van der Waals surface area contributed by atoms with Gasteiger partial charge in [-0.3, -0.25) is 4.98 Å². The van der Waals surface area contributed by atoms with Crippen LogP contribution in [0.15, 0.2) is 48.5 Å². The largest absolute Gasteiger partial charge is 0.493 e. The summed E-state index contributed by atoms with van der Waals surface area (Å²) in [5.41, 5.74) is 5.91. The first-order chi connectivity index (χ1) is 19.6. The van der Waals surface area contributed by atoms with Crippen molar-refractivity contribution in [1.29, 1.82) is 0 Å². The van der Waals surface area contributed by atoms with Crippen LogP contribution in [0.5, 0.6) is 5.75 Å². The number of ether oxygens (including phenoxy) is 3. The van der Waals surface area contributed by atoms with E-state index >= 15 is 0 Å². The van der Waals surface area contributed by atoms with Gasteiger partial charge in [0.05, 0.1) is 24.0 Å². The Morgan fingerprint density at radius 2 is 1.62 bits per heavy atom. The van der Waals surface area contributed by atoms with Crippen molar-refractivity contribution in [1.82, 2.24) is 4.98 Å². The lowest BCUT2D eigenvalue weighted by atomic mass is 9.82. The first-order valence-corrected chi connectivity index (χ1v) is 14.8. The molecule has 0 saturated carbocycles. The van der Waals surface area contributed by atoms with Gasteiger partial charge in [-0.2, -0.15) is 0 Å². The summed E-state index contributed by atoms with van der Waals surface area (Å²) < 4.78 is 31.4. The number of rotatable bonds is 10. The van der Waals surface area contributed by atoms with Gasteiger partial charge in [0, 0.05) is 42.0 Å². The normalized spacial score (nSPS) is 15.4. The number of carbonyl (C=O) groups is 1. The van der Waals surface area contributed by atoms with E-state index in [9.17, 15) is 9.18 Å². The van der Waals surface area contributed by atoms with Crippen molar-refractivity contribution in [2.24, 2.45) is 5.41 Å². The molecular formula is C35H45FN2O4. The molecule has 1 atom stereocenters. The van der Waals surface area contributed by atoms with Gasteiger partial charge in [0.25, 0.3) is 0 Å². The Morgan fingerprint density at radius 1 is 1.00 bits per heavy atom. The van der Waals surface area contributed by atoms with Crippen molar-refractivity contribution in [3.05, 3.63) is 76.9 Å². The predicted octanol–water partition coefficient (Wildman–Crippen LogP) is 7.78. The third-order valence-electron chi connectivity index (χ3n) is 7.15. The molecule has 1 saturated heterocycles. The molecule has 0 N–H and O–H groups in total. The minimum Gasteiger partial charge on any atom is -0.493 e. The molecule has 1 aliphatic rings. The number of pyridine rings is 1. The summed E-state index contributed by atoms with van der Waals surface area (Å²) in [6, 6.07) is 14.5. The highest BCUT2D eigenvalue weighted by Gasteiger charge is 2.41. The zero-order valence-corrected chi connectivity index (χ0v) is 26.5. The Labute approximate surface area is 250 Å². The van der Waals surface area contributed by atoms with Gasteiger partial charge in [0.15, 0.2) is 6.10 Å². The number of anilines is 1. The molecule has 1 aromatic heterocycles. The van der Waals surface area contributed by atoms with Crippen molar-refractivity contribution in [2.75, 3.05) is 24.6 Å². The Balaban J connectivity index is 1.72. The lowest BCUT2D eigenvalue weighted by Crippen LogP contribution is -2.54. The summed E-state index contributed by atoms with van der Waals surface area (Å²) in [7, 11) is 0. The van der Waals surface area contributed by atoms with E-state index in [1.165, 1.54) is 12.1 Å². The third-order valence-corrected chi connectivity index (χ3v) is 7.15. The molecular weight excluding hydrogens is 531 g/mol. The molecule has 4 rings (SSSR count). The first kappa shape index (κ1) is 31.5. The molecule has 0 aliphatic carbocycles. The van der Waals surface area contributed by atoms with E-state index < -0.39 is 17.7 Å². The minimum absolute atomic E-state index is 0.153. The zero-order valence-electron chi connectivity index (χ0n) is 26.5. The number of aromatic nitrogens is 1. The highest BCUT2D eigenvalue weighted by atomic mass is 19.1. The van der Waals surface area contributed by atoms with Crippen LogP contribution in [0.25, 0.3) is 11.1 Å². The number of hydrogen-bond donors (Lipinski definition) is 0. The second kappa shape index (κ2) is 12.4. The van der Waals surface area contributed by atoms with Gasteiger partial charge >= 0.3 is 5.97 Å². The van der Waals surface area contributed by atoms with E-state index in [4.69, 9.17) is 19.2 Å². The van der Waals surface area contributed by atoms with E-state index in [1.54, 1.807) is 12.1 Å². The van der Waals surface area contributed by atoms with E-state index in [0.29, 0.717) is 13.0 Å². The number of aryl methyl sites for hydroxylation is 2. The monoisotopic (exact) mass is 576 g/mol. The summed E-state index contributed by atoms with van der Waals surface area (Å²) in [6.45, 7) is 20.2. The number of benzene rings is 2. The van der Waals surface area contributed by atoms with E-state index in [2.05, 4.69) is 18.7 Å². The van der Waals surface area contributed by atoms with Gasteiger partial charge in [-0.05, 0) is 89.3 Å². The van der Waals surface area contributed by atoms with Gasteiger partial charge in [-0.1, -0.05) is 38.1 Å². The van der Waals surface area contributed by atoms with Crippen LogP contribution in [-0.4, -0.2) is 42.4 Å². The van der Waals surface area contributed by atoms with Crippen LogP contribution < -0.4 is 9.64 Å². The molecule has 42 heavy (non-hydrogen) atoms. The second-order valence-corrected chi connectivity index (χ2v) is 13.3. The second-order valence-electron chi connectivity index (χ2n) is 13.3. The number of carbonyl (C=O) groups excluding carboxylic acids is 1. The SMILES string of the molecule is Cc1nc(C)c([C@H](OC(C)(C)C)C(=O)OC(C)C)c(N2CC(C)(C)C2)c1-c1ccc(OCCc2ccc(F)cc2)cc1. The Hall–Kier alpha value is -3.45. The summed E-state index contributed by atoms with van der Waals surface area (Å²) in [5.74, 6) is 0.0963. The van der Waals surface area contributed by atoms with Crippen molar-refractivity contribution in [3.63, 3.8) is 0 Å². The van der Waals surface area contributed by atoms with Gasteiger partial charge in [-0.25, -0.2) is 9.18 Å². The van der Waals surface area contributed by atoms with Crippen molar-refractivity contribution in [3.8, 4) is 16.9 Å². The number of esters is 1. The summed E-state index contributed by atoms with van der Waals surface area (Å²) in [5, 5.41) is 0. The van der Waals surface area contributed by atoms with Gasteiger partial charge in [0.1, 0.15) is 11.6 Å². The van der Waals surface area contributed by atoms with Crippen LogP contribution in [0.4, 0.5) is 10.1 Å². The molecule has 0 unspecified atom stereocenters. The van der Waals surface area contributed by atoms with Crippen molar-refractivity contribution < 1.29 is 23.4 Å². The quantitative estimate of drug-likeness (QED) is 0.230. The molecule has 6 nitrogen and oxygen atoms in total. The Kier molecular flexibility index (Phi) is 9.31. The molecule has 3 aromatic rings. The Bertz CT molecular complexity index is 1380. The van der Waals surface area contributed by atoms with Gasteiger partial charge in [0.2, 0.25) is 0 Å². The minimum atomic E-state index is -0.924.